The van der Waals surface area contributed by atoms with Crippen molar-refractivity contribution < 1.29 is 13.2 Å². The summed E-state index contributed by atoms with van der Waals surface area (Å²) in [5, 5.41) is 0. The Hall–Kier alpha value is -1.26. The highest BCUT2D eigenvalue weighted by molar-refractivity contribution is 5.41. The van der Waals surface area contributed by atoms with Crippen LogP contribution in [0, 0.1) is 0 Å². The number of aromatic nitrogens is 1. The predicted octanol–water partition coefficient (Wildman–Crippen LogP) is 2.56. The van der Waals surface area contributed by atoms with Gasteiger partial charge < -0.3 is 5.73 Å². The molecule has 0 radical (unpaired) electrons. The molecule has 2 nitrogen and oxygen atoms in total. The fourth-order valence-electron chi connectivity index (χ4n) is 1.45. The van der Waals surface area contributed by atoms with Crippen LogP contribution in [0.5, 0.6) is 0 Å². The summed E-state index contributed by atoms with van der Waals surface area (Å²) >= 11 is 0. The average Bonchev–Trinajstić information content (AvgIpc) is 2.85. The van der Waals surface area contributed by atoms with E-state index in [4.69, 9.17) is 5.73 Å². The summed E-state index contributed by atoms with van der Waals surface area (Å²) in [6.45, 7) is 0. The summed E-state index contributed by atoms with van der Waals surface area (Å²) in [7, 11) is 0. The average molecular weight is 202 g/mol. The molecule has 1 aliphatic rings. The van der Waals surface area contributed by atoms with Crippen molar-refractivity contribution in [3.8, 4) is 0 Å². The Morgan fingerprint density at radius 3 is 2.50 bits per heavy atom. The van der Waals surface area contributed by atoms with Crippen LogP contribution in [0.4, 0.5) is 19.0 Å². The minimum absolute atomic E-state index is 0.0275. The van der Waals surface area contributed by atoms with Crippen molar-refractivity contribution in [1.82, 2.24) is 4.98 Å². The van der Waals surface area contributed by atoms with E-state index < -0.39 is 11.7 Å². The highest BCUT2D eigenvalue weighted by atomic mass is 19.4. The molecule has 1 aromatic rings. The molecule has 2 N–H and O–H groups in total. The zero-order valence-corrected chi connectivity index (χ0v) is 7.30. The van der Waals surface area contributed by atoms with E-state index in [0.29, 0.717) is 0 Å². The van der Waals surface area contributed by atoms with E-state index in [2.05, 4.69) is 4.98 Å². The first kappa shape index (κ1) is 9.30. The van der Waals surface area contributed by atoms with Crippen LogP contribution in [-0.4, -0.2) is 4.98 Å². The maximum atomic E-state index is 12.5. The molecule has 1 saturated carbocycles. The summed E-state index contributed by atoms with van der Waals surface area (Å²) in [4.78, 5) is 3.69. The Labute approximate surface area is 78.9 Å². The Balaban J connectivity index is 2.48. The molecule has 0 atom stereocenters. The maximum absolute atomic E-state index is 12.5. The molecule has 76 valence electrons. The lowest BCUT2D eigenvalue weighted by molar-refractivity contribution is -0.138. The number of anilines is 1. The van der Waals surface area contributed by atoms with E-state index in [0.717, 1.165) is 18.9 Å². The smallest absolute Gasteiger partial charge is 0.384 e. The topological polar surface area (TPSA) is 38.9 Å². The standard InChI is InChI=1S/C9H9F3N2/c10-9(11,12)7-3-8(13)14-4-6(7)5-1-2-5/h3-5H,1-2H2,(H2,13,14). The number of rotatable bonds is 1. The molecule has 0 amide bonds. The first-order chi connectivity index (χ1) is 6.48. The van der Waals surface area contributed by atoms with Gasteiger partial charge in [0.2, 0.25) is 0 Å². The van der Waals surface area contributed by atoms with Crippen LogP contribution in [0.25, 0.3) is 0 Å². The van der Waals surface area contributed by atoms with E-state index in [9.17, 15) is 13.2 Å². The van der Waals surface area contributed by atoms with Gasteiger partial charge in [0.1, 0.15) is 5.82 Å². The van der Waals surface area contributed by atoms with Gasteiger partial charge >= 0.3 is 6.18 Å². The quantitative estimate of drug-likeness (QED) is 0.760. The molecule has 2 rings (SSSR count). The number of nitrogens with two attached hydrogens (primary N) is 1. The van der Waals surface area contributed by atoms with Gasteiger partial charge in [0.05, 0.1) is 5.56 Å². The van der Waals surface area contributed by atoms with Crippen molar-refractivity contribution in [2.45, 2.75) is 24.9 Å². The van der Waals surface area contributed by atoms with Crippen molar-refractivity contribution >= 4 is 5.82 Å². The second kappa shape index (κ2) is 2.87. The van der Waals surface area contributed by atoms with Gasteiger partial charge in [0, 0.05) is 6.20 Å². The van der Waals surface area contributed by atoms with Crippen molar-refractivity contribution in [3.63, 3.8) is 0 Å². The highest BCUT2D eigenvalue weighted by Crippen LogP contribution is 2.45. The summed E-state index contributed by atoms with van der Waals surface area (Å²) < 4.78 is 37.6. The van der Waals surface area contributed by atoms with E-state index in [1.807, 2.05) is 0 Å². The lowest BCUT2D eigenvalue weighted by atomic mass is 10.1. The third-order valence-corrected chi connectivity index (χ3v) is 2.28. The Morgan fingerprint density at radius 1 is 1.36 bits per heavy atom. The number of hydrogen-bond donors (Lipinski definition) is 1. The van der Waals surface area contributed by atoms with Crippen molar-refractivity contribution in [2.24, 2.45) is 0 Å². The molecule has 1 aromatic heterocycles. The van der Waals surface area contributed by atoms with Gasteiger partial charge in [-0.15, -0.1) is 0 Å². The van der Waals surface area contributed by atoms with Crippen molar-refractivity contribution in [1.29, 1.82) is 0 Å². The van der Waals surface area contributed by atoms with Crippen LogP contribution in [0.3, 0.4) is 0 Å². The number of nitrogens with zero attached hydrogens (tertiary/aromatic N) is 1. The predicted molar refractivity (Wildman–Crippen MR) is 45.6 cm³/mol. The molecule has 0 saturated heterocycles. The van der Waals surface area contributed by atoms with Crippen molar-refractivity contribution in [3.05, 3.63) is 23.4 Å². The van der Waals surface area contributed by atoms with Crippen LogP contribution in [0.15, 0.2) is 12.3 Å². The van der Waals surface area contributed by atoms with Crippen LogP contribution in [-0.2, 0) is 6.18 Å². The maximum Gasteiger partial charge on any atom is 0.416 e. The molecule has 0 bridgehead atoms. The molecule has 0 spiro atoms. The van der Waals surface area contributed by atoms with E-state index in [-0.39, 0.29) is 17.3 Å². The van der Waals surface area contributed by atoms with Gasteiger partial charge in [0.25, 0.3) is 0 Å². The number of halogens is 3. The molecule has 1 heterocycles. The first-order valence-electron chi connectivity index (χ1n) is 4.31. The molecule has 0 aromatic carbocycles. The number of nitrogen functional groups attached to an aromatic ring is 1. The van der Waals surface area contributed by atoms with E-state index in [1.165, 1.54) is 6.20 Å². The fourth-order valence-corrected chi connectivity index (χ4v) is 1.45. The summed E-state index contributed by atoms with van der Waals surface area (Å²) in [6.07, 6.45) is -1.45. The van der Waals surface area contributed by atoms with E-state index >= 15 is 0 Å². The second-order valence-electron chi connectivity index (χ2n) is 3.47. The van der Waals surface area contributed by atoms with Gasteiger partial charge in [-0.3, -0.25) is 0 Å². The first-order valence-corrected chi connectivity index (χ1v) is 4.31. The SMILES string of the molecule is Nc1cc(C(F)(F)F)c(C2CC2)cn1. The molecule has 1 fully saturated rings. The molecule has 5 heteroatoms. The third kappa shape index (κ3) is 1.66. The summed E-state index contributed by atoms with van der Waals surface area (Å²) in [6, 6.07) is 0.910. The molecule has 0 unspecified atom stereocenters. The largest absolute Gasteiger partial charge is 0.416 e. The number of pyridine rings is 1. The summed E-state index contributed by atoms with van der Waals surface area (Å²) in [5.74, 6) is -0.0542. The van der Waals surface area contributed by atoms with Gasteiger partial charge in [-0.05, 0) is 30.4 Å². The van der Waals surface area contributed by atoms with Crippen molar-refractivity contribution in [2.75, 3.05) is 5.73 Å². The Morgan fingerprint density at radius 2 is 2.00 bits per heavy atom. The Kier molecular flexibility index (Phi) is 1.90. The molecular weight excluding hydrogens is 193 g/mol. The molecule has 14 heavy (non-hydrogen) atoms. The lowest BCUT2D eigenvalue weighted by Crippen LogP contribution is -2.10. The lowest BCUT2D eigenvalue weighted by Gasteiger charge is -2.11. The van der Waals surface area contributed by atoms with E-state index in [1.54, 1.807) is 0 Å². The fraction of sp³-hybridized carbons (Fsp3) is 0.444. The van der Waals surface area contributed by atoms with Crippen LogP contribution < -0.4 is 5.73 Å². The van der Waals surface area contributed by atoms with Gasteiger partial charge in [-0.1, -0.05) is 0 Å². The van der Waals surface area contributed by atoms with Gasteiger partial charge in [-0.25, -0.2) is 4.98 Å². The minimum Gasteiger partial charge on any atom is -0.384 e. The second-order valence-corrected chi connectivity index (χ2v) is 3.47. The van der Waals surface area contributed by atoms with Crippen LogP contribution >= 0.6 is 0 Å². The number of hydrogen-bond acceptors (Lipinski definition) is 2. The highest BCUT2D eigenvalue weighted by Gasteiger charge is 2.38. The zero-order valence-electron chi connectivity index (χ0n) is 7.30. The monoisotopic (exact) mass is 202 g/mol. The molecule has 1 aliphatic carbocycles. The van der Waals surface area contributed by atoms with Gasteiger partial charge in [-0.2, -0.15) is 13.2 Å². The molecular formula is C9H9F3N2. The molecule has 0 aliphatic heterocycles. The van der Waals surface area contributed by atoms with Crippen LogP contribution in [0.2, 0.25) is 0 Å². The minimum atomic E-state index is -4.32. The van der Waals surface area contributed by atoms with Crippen LogP contribution in [0.1, 0.15) is 29.9 Å². The number of alkyl halides is 3. The third-order valence-electron chi connectivity index (χ3n) is 2.28. The summed E-state index contributed by atoms with van der Waals surface area (Å²) in [5.41, 5.74) is 4.89. The van der Waals surface area contributed by atoms with Gasteiger partial charge in [0.15, 0.2) is 0 Å². The zero-order chi connectivity index (χ0) is 10.3. The Bertz CT molecular complexity index is 356. The normalized spacial score (nSPS) is 17.1.